The largest absolute Gasteiger partial charge is 0.493 e. The number of nitrogens with one attached hydrogen (secondary N) is 2. The summed E-state index contributed by atoms with van der Waals surface area (Å²) in [6.07, 6.45) is 0. The van der Waals surface area contributed by atoms with Gasteiger partial charge in [0.15, 0.2) is 17.5 Å². The van der Waals surface area contributed by atoms with Crippen molar-refractivity contribution in [2.45, 2.75) is 39.3 Å². The second kappa shape index (κ2) is 11.4. The van der Waals surface area contributed by atoms with Crippen LogP contribution in [0.15, 0.2) is 22.5 Å². The van der Waals surface area contributed by atoms with Crippen LogP contribution in [0.25, 0.3) is 0 Å². The number of guanidine groups is 1. The van der Waals surface area contributed by atoms with Crippen molar-refractivity contribution in [1.29, 1.82) is 0 Å². The van der Waals surface area contributed by atoms with Gasteiger partial charge < -0.3 is 24.8 Å². The molecule has 0 bridgehead atoms. The van der Waals surface area contributed by atoms with Gasteiger partial charge in [0.25, 0.3) is 0 Å². The number of aromatic nitrogens is 1. The molecule has 2 N–H and O–H groups in total. The van der Waals surface area contributed by atoms with E-state index < -0.39 is 0 Å². The summed E-state index contributed by atoms with van der Waals surface area (Å²) < 4.78 is 16.2. The van der Waals surface area contributed by atoms with Gasteiger partial charge in [-0.1, -0.05) is 20.8 Å². The Morgan fingerprint density at radius 3 is 2.07 bits per heavy atom. The zero-order chi connectivity index (χ0) is 20.7. The van der Waals surface area contributed by atoms with E-state index in [1.165, 1.54) is 0 Å². The maximum absolute atomic E-state index is 5.40. The van der Waals surface area contributed by atoms with Crippen molar-refractivity contribution in [1.82, 2.24) is 15.6 Å². The van der Waals surface area contributed by atoms with E-state index in [2.05, 4.69) is 41.8 Å². The Kier molecular flexibility index (Phi) is 9.97. The van der Waals surface area contributed by atoms with Crippen molar-refractivity contribution in [2.24, 2.45) is 4.99 Å². The van der Waals surface area contributed by atoms with Crippen LogP contribution in [0.2, 0.25) is 0 Å². The number of thiazole rings is 1. The van der Waals surface area contributed by atoms with E-state index in [1.54, 1.807) is 39.7 Å². The summed E-state index contributed by atoms with van der Waals surface area (Å²) in [4.78, 5) is 8.97. The molecule has 0 aliphatic rings. The smallest absolute Gasteiger partial charge is 0.203 e. The number of rotatable bonds is 7. The Balaban J connectivity index is 0.00000420. The summed E-state index contributed by atoms with van der Waals surface area (Å²) in [5.41, 5.74) is 2.06. The molecule has 0 fully saturated rings. The first-order chi connectivity index (χ1) is 13.3. The Labute approximate surface area is 194 Å². The lowest BCUT2D eigenvalue weighted by Crippen LogP contribution is -2.36. The van der Waals surface area contributed by atoms with Crippen LogP contribution >= 0.6 is 35.3 Å². The molecule has 7 nitrogen and oxygen atoms in total. The van der Waals surface area contributed by atoms with Gasteiger partial charge in [0, 0.05) is 24.4 Å². The van der Waals surface area contributed by atoms with E-state index in [1.807, 2.05) is 12.1 Å². The van der Waals surface area contributed by atoms with Gasteiger partial charge in [-0.15, -0.1) is 35.3 Å². The highest BCUT2D eigenvalue weighted by Gasteiger charge is 2.18. The number of benzene rings is 1. The molecule has 1 aromatic heterocycles. The molecule has 0 atom stereocenters. The molecule has 9 heteroatoms. The zero-order valence-corrected chi connectivity index (χ0v) is 21.2. The number of halogens is 1. The minimum atomic E-state index is 0. The highest BCUT2D eigenvalue weighted by Crippen LogP contribution is 2.38. The standard InChI is InChI=1S/C20H30N4O3S.HI/c1-20(2,3)18-24-14(12-28-18)11-23-19(21-4)22-10-13-8-15(25-5)17(27-7)16(9-13)26-6;/h8-9,12H,10-11H2,1-7H3,(H2,21,22,23);1H. The van der Waals surface area contributed by atoms with Gasteiger partial charge in [-0.2, -0.15) is 0 Å². The Bertz CT molecular complexity index is 793. The van der Waals surface area contributed by atoms with E-state index in [9.17, 15) is 0 Å². The monoisotopic (exact) mass is 534 g/mol. The third-order valence-electron chi connectivity index (χ3n) is 4.04. The SMILES string of the molecule is CN=C(NCc1cc(OC)c(OC)c(OC)c1)NCc1csc(C(C)(C)C)n1.I. The van der Waals surface area contributed by atoms with Crippen molar-refractivity contribution in [3.63, 3.8) is 0 Å². The van der Waals surface area contributed by atoms with Crippen LogP contribution in [0.3, 0.4) is 0 Å². The first-order valence-electron chi connectivity index (χ1n) is 9.00. The van der Waals surface area contributed by atoms with Gasteiger partial charge in [0.2, 0.25) is 5.75 Å². The molecule has 1 aromatic carbocycles. The molecular weight excluding hydrogens is 503 g/mol. The van der Waals surface area contributed by atoms with Crippen molar-refractivity contribution < 1.29 is 14.2 Å². The fraction of sp³-hybridized carbons (Fsp3) is 0.500. The third-order valence-corrected chi connectivity index (χ3v) is 5.36. The molecule has 0 saturated heterocycles. The lowest BCUT2D eigenvalue weighted by molar-refractivity contribution is 0.323. The van der Waals surface area contributed by atoms with Gasteiger partial charge >= 0.3 is 0 Å². The second-order valence-corrected chi connectivity index (χ2v) is 8.07. The van der Waals surface area contributed by atoms with Gasteiger partial charge in [-0.3, -0.25) is 4.99 Å². The quantitative estimate of drug-likeness (QED) is 0.319. The summed E-state index contributed by atoms with van der Waals surface area (Å²) in [7, 11) is 6.54. The molecule has 0 amide bonds. The van der Waals surface area contributed by atoms with Crippen LogP contribution < -0.4 is 24.8 Å². The van der Waals surface area contributed by atoms with E-state index in [0.29, 0.717) is 36.3 Å². The highest BCUT2D eigenvalue weighted by molar-refractivity contribution is 14.0. The zero-order valence-electron chi connectivity index (χ0n) is 18.1. The van der Waals surface area contributed by atoms with Gasteiger partial charge in [0.05, 0.1) is 38.6 Å². The van der Waals surface area contributed by atoms with Gasteiger partial charge in [-0.05, 0) is 17.7 Å². The lowest BCUT2D eigenvalue weighted by Gasteiger charge is -2.16. The van der Waals surface area contributed by atoms with Crippen molar-refractivity contribution >= 4 is 41.3 Å². The molecule has 0 spiro atoms. The highest BCUT2D eigenvalue weighted by atomic mass is 127. The van der Waals surface area contributed by atoms with E-state index in [4.69, 9.17) is 19.2 Å². The third kappa shape index (κ3) is 6.91. The molecule has 0 radical (unpaired) electrons. The lowest BCUT2D eigenvalue weighted by atomic mass is 9.98. The summed E-state index contributed by atoms with van der Waals surface area (Å²) in [6.45, 7) is 7.67. The predicted molar refractivity (Wildman–Crippen MR) is 129 cm³/mol. The molecule has 29 heavy (non-hydrogen) atoms. The summed E-state index contributed by atoms with van der Waals surface area (Å²) >= 11 is 1.69. The van der Waals surface area contributed by atoms with Crippen molar-refractivity contribution in [3.05, 3.63) is 33.8 Å². The number of nitrogens with zero attached hydrogens (tertiary/aromatic N) is 2. The molecule has 0 saturated carbocycles. The fourth-order valence-electron chi connectivity index (χ4n) is 2.55. The predicted octanol–water partition coefficient (Wildman–Crippen LogP) is 3.95. The minimum absolute atomic E-state index is 0. The summed E-state index contributed by atoms with van der Waals surface area (Å²) in [5, 5.41) is 9.80. The van der Waals surface area contributed by atoms with Crippen molar-refractivity contribution in [2.75, 3.05) is 28.4 Å². The van der Waals surface area contributed by atoms with E-state index >= 15 is 0 Å². The fourth-order valence-corrected chi connectivity index (χ4v) is 3.46. The van der Waals surface area contributed by atoms with E-state index in [-0.39, 0.29) is 29.4 Å². The molecule has 0 aliphatic carbocycles. The average molecular weight is 534 g/mol. The van der Waals surface area contributed by atoms with Gasteiger partial charge in [-0.25, -0.2) is 4.98 Å². The van der Waals surface area contributed by atoms with Gasteiger partial charge in [0.1, 0.15) is 0 Å². The molecule has 1 heterocycles. The first kappa shape index (κ1) is 25.3. The molecular formula is C20H31IN4O3S. The second-order valence-electron chi connectivity index (χ2n) is 7.21. The Morgan fingerprint density at radius 2 is 1.62 bits per heavy atom. The van der Waals surface area contributed by atoms with Crippen LogP contribution in [0, 0.1) is 0 Å². The minimum Gasteiger partial charge on any atom is -0.493 e. The maximum atomic E-state index is 5.40. The molecule has 2 aromatic rings. The topological polar surface area (TPSA) is 77.0 Å². The van der Waals surface area contributed by atoms with Crippen LogP contribution in [0.4, 0.5) is 0 Å². The molecule has 2 rings (SSSR count). The van der Waals surface area contributed by atoms with Crippen LogP contribution in [0.5, 0.6) is 17.2 Å². The van der Waals surface area contributed by atoms with Crippen LogP contribution in [-0.4, -0.2) is 39.3 Å². The molecule has 0 aliphatic heterocycles. The number of hydrogen-bond donors (Lipinski definition) is 2. The number of hydrogen-bond acceptors (Lipinski definition) is 6. The first-order valence-corrected chi connectivity index (χ1v) is 9.88. The van der Waals surface area contributed by atoms with Crippen LogP contribution in [0.1, 0.15) is 37.0 Å². The number of methoxy groups -OCH3 is 3. The number of aliphatic imine (C=N–C) groups is 1. The Hall–Kier alpha value is -1.75. The molecule has 162 valence electrons. The van der Waals surface area contributed by atoms with E-state index in [0.717, 1.165) is 16.3 Å². The summed E-state index contributed by atoms with van der Waals surface area (Å²) in [5.74, 6) is 2.52. The normalized spacial score (nSPS) is 11.5. The van der Waals surface area contributed by atoms with Crippen molar-refractivity contribution in [3.8, 4) is 17.2 Å². The van der Waals surface area contributed by atoms with Crippen LogP contribution in [-0.2, 0) is 18.5 Å². The number of ether oxygens (including phenoxy) is 3. The average Bonchev–Trinajstić information content (AvgIpc) is 3.16. The maximum Gasteiger partial charge on any atom is 0.203 e. The molecule has 0 unspecified atom stereocenters. The summed E-state index contributed by atoms with van der Waals surface area (Å²) in [6, 6.07) is 3.83. The Morgan fingerprint density at radius 1 is 1.03 bits per heavy atom.